The van der Waals surface area contributed by atoms with Gasteiger partial charge in [0.2, 0.25) is 5.91 Å². The molecular formula is C12H14N2O2. The topological polar surface area (TPSA) is 53.3 Å². The zero-order valence-corrected chi connectivity index (χ0v) is 9.38. The first-order valence-electron chi connectivity index (χ1n) is 5.02. The molecule has 1 aromatic carbocycles. The van der Waals surface area contributed by atoms with E-state index in [0.29, 0.717) is 0 Å². The highest BCUT2D eigenvalue weighted by Gasteiger charge is 2.14. The molecule has 0 aliphatic carbocycles. The monoisotopic (exact) mass is 218 g/mol. The second-order valence-corrected chi connectivity index (χ2v) is 3.37. The number of nitriles is 1. The second-order valence-electron chi connectivity index (χ2n) is 3.37. The van der Waals surface area contributed by atoms with Gasteiger partial charge in [-0.15, -0.1) is 0 Å². The van der Waals surface area contributed by atoms with E-state index >= 15 is 0 Å². The highest BCUT2D eigenvalue weighted by molar-refractivity contribution is 5.72. The van der Waals surface area contributed by atoms with Gasteiger partial charge in [-0.3, -0.25) is 9.63 Å². The Hall–Kier alpha value is -1.86. The van der Waals surface area contributed by atoms with E-state index in [2.05, 4.69) is 0 Å². The molecule has 0 fully saturated rings. The molecule has 16 heavy (non-hydrogen) atoms. The lowest BCUT2D eigenvalue weighted by Crippen LogP contribution is -2.30. The predicted octanol–water partition coefficient (Wildman–Crippen LogP) is 2.05. The standard InChI is InChI=1S/C12H14N2O2/c1-10(12-6-4-3-5-7-12)16-14(9-8-13)11(2)15/h3-7,10H,9H2,1-2H3. The maximum absolute atomic E-state index is 11.2. The number of carbonyl (C=O) groups excluding carboxylic acids is 1. The Labute approximate surface area is 95.0 Å². The summed E-state index contributed by atoms with van der Waals surface area (Å²) in [4.78, 5) is 16.6. The van der Waals surface area contributed by atoms with Crippen molar-refractivity contribution in [3.05, 3.63) is 35.9 Å². The van der Waals surface area contributed by atoms with Crippen LogP contribution in [0.4, 0.5) is 0 Å². The van der Waals surface area contributed by atoms with Crippen molar-refractivity contribution in [1.29, 1.82) is 5.26 Å². The molecule has 4 heteroatoms. The number of benzene rings is 1. The zero-order valence-electron chi connectivity index (χ0n) is 9.38. The Balaban J connectivity index is 2.66. The normalized spacial score (nSPS) is 11.6. The third kappa shape index (κ3) is 3.37. The molecule has 0 N–H and O–H groups in total. The van der Waals surface area contributed by atoms with Gasteiger partial charge in [0.15, 0.2) is 0 Å². The summed E-state index contributed by atoms with van der Waals surface area (Å²) in [5, 5.41) is 9.61. The summed E-state index contributed by atoms with van der Waals surface area (Å²) in [7, 11) is 0. The molecule has 0 radical (unpaired) electrons. The number of hydrogen-bond acceptors (Lipinski definition) is 3. The van der Waals surface area contributed by atoms with E-state index in [4.69, 9.17) is 10.1 Å². The van der Waals surface area contributed by atoms with Gasteiger partial charge < -0.3 is 0 Å². The fourth-order valence-corrected chi connectivity index (χ4v) is 1.26. The first kappa shape index (κ1) is 12.2. The maximum Gasteiger partial charge on any atom is 0.244 e. The lowest BCUT2D eigenvalue weighted by Gasteiger charge is -2.22. The summed E-state index contributed by atoms with van der Waals surface area (Å²) in [5.41, 5.74) is 0.965. The van der Waals surface area contributed by atoms with Crippen LogP contribution in [0.1, 0.15) is 25.5 Å². The smallest absolute Gasteiger partial charge is 0.244 e. The van der Waals surface area contributed by atoms with Crippen LogP contribution in [0, 0.1) is 11.3 Å². The highest BCUT2D eigenvalue weighted by atomic mass is 16.7. The Morgan fingerprint density at radius 3 is 2.62 bits per heavy atom. The second kappa shape index (κ2) is 5.89. The minimum Gasteiger partial charge on any atom is -0.273 e. The molecule has 1 atom stereocenters. The molecule has 0 heterocycles. The summed E-state index contributed by atoms with van der Waals surface area (Å²) < 4.78 is 0. The van der Waals surface area contributed by atoms with E-state index in [1.165, 1.54) is 6.92 Å². The lowest BCUT2D eigenvalue weighted by molar-refractivity contribution is -0.198. The van der Waals surface area contributed by atoms with Gasteiger partial charge in [-0.1, -0.05) is 30.3 Å². The third-order valence-corrected chi connectivity index (χ3v) is 2.12. The molecule has 0 saturated carbocycles. The largest absolute Gasteiger partial charge is 0.273 e. The average Bonchev–Trinajstić information content (AvgIpc) is 2.29. The molecule has 1 rings (SSSR count). The minimum absolute atomic E-state index is 0.0630. The molecule has 0 bridgehead atoms. The number of carbonyl (C=O) groups is 1. The van der Waals surface area contributed by atoms with Crippen molar-refractivity contribution in [1.82, 2.24) is 5.06 Å². The molecular weight excluding hydrogens is 204 g/mol. The minimum atomic E-state index is -0.274. The Kier molecular flexibility index (Phi) is 4.49. The summed E-state index contributed by atoms with van der Waals surface area (Å²) in [6.07, 6.45) is -0.251. The molecule has 0 saturated heterocycles. The van der Waals surface area contributed by atoms with E-state index in [0.717, 1.165) is 10.6 Å². The van der Waals surface area contributed by atoms with Crippen LogP contribution < -0.4 is 0 Å². The fraction of sp³-hybridized carbons (Fsp3) is 0.333. The predicted molar refractivity (Wildman–Crippen MR) is 58.9 cm³/mol. The number of hydroxylamine groups is 2. The third-order valence-electron chi connectivity index (χ3n) is 2.12. The zero-order chi connectivity index (χ0) is 12.0. The number of nitrogens with zero attached hydrogens (tertiary/aromatic N) is 2. The van der Waals surface area contributed by atoms with Crippen molar-refractivity contribution in [2.75, 3.05) is 6.54 Å². The van der Waals surface area contributed by atoms with Crippen LogP contribution in [0.5, 0.6) is 0 Å². The van der Waals surface area contributed by atoms with Crippen molar-refractivity contribution in [2.45, 2.75) is 20.0 Å². The molecule has 1 aromatic rings. The first-order valence-corrected chi connectivity index (χ1v) is 5.02. The molecule has 84 valence electrons. The first-order chi connectivity index (χ1) is 7.65. The Morgan fingerprint density at radius 1 is 1.50 bits per heavy atom. The summed E-state index contributed by atoms with van der Waals surface area (Å²) >= 11 is 0. The highest BCUT2D eigenvalue weighted by Crippen LogP contribution is 2.17. The van der Waals surface area contributed by atoms with Crippen LogP contribution in [-0.2, 0) is 9.63 Å². The molecule has 1 unspecified atom stereocenters. The molecule has 1 amide bonds. The summed E-state index contributed by atoms with van der Waals surface area (Å²) in [6.45, 7) is 3.14. The van der Waals surface area contributed by atoms with Crippen molar-refractivity contribution >= 4 is 5.91 Å². The molecule has 0 aromatic heterocycles. The quantitative estimate of drug-likeness (QED) is 0.574. The van der Waals surface area contributed by atoms with Crippen molar-refractivity contribution in [3.8, 4) is 6.07 Å². The van der Waals surface area contributed by atoms with Crippen LogP contribution in [0.2, 0.25) is 0 Å². The van der Waals surface area contributed by atoms with Gasteiger partial charge in [-0.05, 0) is 12.5 Å². The van der Waals surface area contributed by atoms with Gasteiger partial charge in [0.05, 0.1) is 6.07 Å². The number of rotatable bonds is 4. The maximum atomic E-state index is 11.2. The van der Waals surface area contributed by atoms with Crippen molar-refractivity contribution in [2.24, 2.45) is 0 Å². The fourth-order valence-electron chi connectivity index (χ4n) is 1.26. The van der Waals surface area contributed by atoms with Gasteiger partial charge in [-0.2, -0.15) is 5.26 Å². The van der Waals surface area contributed by atoms with Gasteiger partial charge >= 0.3 is 0 Å². The van der Waals surface area contributed by atoms with Crippen molar-refractivity contribution < 1.29 is 9.63 Å². The van der Waals surface area contributed by atoms with Crippen LogP contribution in [-0.4, -0.2) is 17.5 Å². The SMILES string of the molecule is CC(=O)N(CC#N)OC(C)c1ccccc1. The van der Waals surface area contributed by atoms with Gasteiger partial charge in [0.25, 0.3) is 0 Å². The molecule has 0 aliphatic heterocycles. The lowest BCUT2D eigenvalue weighted by atomic mass is 10.1. The van der Waals surface area contributed by atoms with Crippen molar-refractivity contribution in [3.63, 3.8) is 0 Å². The number of hydrogen-bond donors (Lipinski definition) is 0. The van der Waals surface area contributed by atoms with Gasteiger partial charge in [0, 0.05) is 6.92 Å². The average molecular weight is 218 g/mol. The molecule has 4 nitrogen and oxygen atoms in total. The van der Waals surface area contributed by atoms with Gasteiger partial charge in [0.1, 0.15) is 12.6 Å². The van der Waals surface area contributed by atoms with E-state index in [9.17, 15) is 4.79 Å². The van der Waals surface area contributed by atoms with E-state index in [1.807, 2.05) is 43.3 Å². The van der Waals surface area contributed by atoms with Gasteiger partial charge in [-0.25, -0.2) is 5.06 Å². The van der Waals surface area contributed by atoms with E-state index in [-0.39, 0.29) is 18.6 Å². The van der Waals surface area contributed by atoms with E-state index in [1.54, 1.807) is 0 Å². The summed E-state index contributed by atoms with van der Waals surface area (Å²) in [6, 6.07) is 11.4. The van der Waals surface area contributed by atoms with Crippen LogP contribution in [0.15, 0.2) is 30.3 Å². The Bertz CT molecular complexity index is 384. The van der Waals surface area contributed by atoms with E-state index < -0.39 is 0 Å². The van der Waals surface area contributed by atoms with Crippen LogP contribution in [0.25, 0.3) is 0 Å². The molecule has 0 spiro atoms. The van der Waals surface area contributed by atoms with Crippen LogP contribution >= 0.6 is 0 Å². The molecule has 0 aliphatic rings. The number of amides is 1. The Morgan fingerprint density at radius 2 is 2.12 bits per heavy atom. The van der Waals surface area contributed by atoms with Crippen LogP contribution in [0.3, 0.4) is 0 Å². The summed E-state index contributed by atoms with van der Waals surface area (Å²) in [5.74, 6) is -0.274.